The Morgan fingerprint density at radius 3 is 2.43 bits per heavy atom. The van der Waals surface area contributed by atoms with Crippen LogP contribution in [0, 0.1) is 0 Å². The minimum absolute atomic E-state index is 0.672. The van der Waals surface area contributed by atoms with Crippen LogP contribution in [0.1, 0.15) is 0 Å². The summed E-state index contributed by atoms with van der Waals surface area (Å²) in [7, 11) is 3.24. The van der Waals surface area contributed by atoms with Crippen molar-refractivity contribution < 1.29 is 9.47 Å². The first kappa shape index (κ1) is 13.8. The van der Waals surface area contributed by atoms with E-state index in [0.29, 0.717) is 17.3 Å². The average molecular weight is 345 g/mol. The van der Waals surface area contributed by atoms with Crippen LogP contribution in [0.4, 0.5) is 0 Å². The Bertz CT molecular complexity index is 788. The van der Waals surface area contributed by atoms with Crippen molar-refractivity contribution in [3.63, 3.8) is 0 Å². The number of halogens is 1. The molecule has 0 amide bonds. The number of ether oxygens (including phenoxy) is 2. The molecule has 1 aromatic heterocycles. The molecule has 0 fully saturated rings. The van der Waals surface area contributed by atoms with Gasteiger partial charge in [-0.1, -0.05) is 28.1 Å². The highest BCUT2D eigenvalue weighted by atomic mass is 79.9. The van der Waals surface area contributed by atoms with Gasteiger partial charge >= 0.3 is 0 Å². The lowest BCUT2D eigenvalue weighted by molar-refractivity contribution is 0.397. The van der Waals surface area contributed by atoms with Crippen molar-refractivity contribution in [1.29, 1.82) is 0 Å². The summed E-state index contributed by atoms with van der Waals surface area (Å²) in [5, 5.41) is 0.860. The van der Waals surface area contributed by atoms with Crippen LogP contribution in [-0.2, 0) is 0 Å². The molecule has 0 N–H and O–H groups in total. The van der Waals surface area contributed by atoms with Crippen molar-refractivity contribution in [2.24, 2.45) is 0 Å². The molecule has 5 heteroatoms. The topological polar surface area (TPSA) is 44.2 Å². The van der Waals surface area contributed by atoms with Gasteiger partial charge in [-0.15, -0.1) is 0 Å². The predicted octanol–water partition coefficient (Wildman–Crippen LogP) is 4.08. The number of hydrogen-bond donors (Lipinski definition) is 0. The molecule has 0 unspecified atom stereocenters. The number of aromatic nitrogens is 2. The average Bonchev–Trinajstić information content (AvgIpc) is 2.53. The molecule has 0 spiro atoms. The largest absolute Gasteiger partial charge is 0.497 e. The Morgan fingerprint density at radius 1 is 1.00 bits per heavy atom. The summed E-state index contributed by atoms with van der Waals surface area (Å²) in [5.41, 5.74) is 1.75. The molecule has 0 aliphatic rings. The summed E-state index contributed by atoms with van der Waals surface area (Å²) >= 11 is 3.42. The van der Waals surface area contributed by atoms with Crippen LogP contribution in [0.25, 0.3) is 22.3 Å². The van der Waals surface area contributed by atoms with E-state index in [1.54, 1.807) is 20.4 Å². The van der Waals surface area contributed by atoms with Crippen molar-refractivity contribution in [2.45, 2.75) is 0 Å². The molecule has 1 heterocycles. The van der Waals surface area contributed by atoms with Gasteiger partial charge in [-0.2, -0.15) is 0 Å². The van der Waals surface area contributed by atoms with Crippen LogP contribution in [0.15, 0.2) is 47.1 Å². The predicted molar refractivity (Wildman–Crippen MR) is 85.8 cm³/mol. The van der Waals surface area contributed by atoms with E-state index >= 15 is 0 Å². The highest BCUT2D eigenvalue weighted by molar-refractivity contribution is 9.10. The number of methoxy groups -OCH3 is 2. The van der Waals surface area contributed by atoms with Crippen LogP contribution in [0.5, 0.6) is 11.5 Å². The van der Waals surface area contributed by atoms with Gasteiger partial charge in [0.1, 0.15) is 11.5 Å². The van der Waals surface area contributed by atoms with E-state index in [1.807, 2.05) is 36.4 Å². The fourth-order valence-electron chi connectivity index (χ4n) is 2.10. The molecule has 3 rings (SSSR count). The van der Waals surface area contributed by atoms with Crippen molar-refractivity contribution in [2.75, 3.05) is 14.2 Å². The third-order valence-electron chi connectivity index (χ3n) is 3.19. The first-order valence-corrected chi connectivity index (χ1v) is 7.15. The van der Waals surface area contributed by atoms with Crippen molar-refractivity contribution in [3.8, 4) is 22.9 Å². The molecular weight excluding hydrogens is 332 g/mol. The Balaban J connectivity index is 2.16. The number of nitrogens with zero attached hydrogens (tertiary/aromatic N) is 2. The lowest BCUT2D eigenvalue weighted by atomic mass is 10.2. The van der Waals surface area contributed by atoms with Crippen molar-refractivity contribution >= 4 is 26.8 Å². The first-order valence-electron chi connectivity index (χ1n) is 6.36. The van der Waals surface area contributed by atoms with Gasteiger partial charge in [0.05, 0.1) is 25.1 Å². The number of benzene rings is 2. The normalized spacial score (nSPS) is 10.6. The molecule has 2 aromatic carbocycles. The Hall–Kier alpha value is -2.14. The molecule has 21 heavy (non-hydrogen) atoms. The third-order valence-corrected chi connectivity index (χ3v) is 3.72. The fourth-order valence-corrected chi connectivity index (χ4v) is 2.37. The zero-order chi connectivity index (χ0) is 14.8. The first-order chi connectivity index (χ1) is 10.2. The minimum Gasteiger partial charge on any atom is -0.497 e. The standard InChI is InChI=1S/C16H13BrN2O2/c1-20-12-7-14-13(15(8-12)21-2)9-18-16(19-14)10-3-5-11(17)6-4-10/h3-9H,1-2H3. The summed E-state index contributed by atoms with van der Waals surface area (Å²) in [6.07, 6.45) is 1.78. The second-order valence-electron chi connectivity index (χ2n) is 4.46. The maximum absolute atomic E-state index is 5.37. The summed E-state index contributed by atoms with van der Waals surface area (Å²) in [6, 6.07) is 11.6. The van der Waals surface area contributed by atoms with Crippen LogP contribution >= 0.6 is 15.9 Å². The zero-order valence-electron chi connectivity index (χ0n) is 11.6. The van der Waals surface area contributed by atoms with Gasteiger partial charge in [0.2, 0.25) is 0 Å². The number of rotatable bonds is 3. The monoisotopic (exact) mass is 344 g/mol. The molecule has 0 saturated carbocycles. The molecule has 106 valence electrons. The highest BCUT2D eigenvalue weighted by Gasteiger charge is 2.09. The van der Waals surface area contributed by atoms with E-state index in [4.69, 9.17) is 9.47 Å². The molecule has 0 saturated heterocycles. The van der Waals surface area contributed by atoms with E-state index in [2.05, 4.69) is 25.9 Å². The zero-order valence-corrected chi connectivity index (χ0v) is 13.2. The molecule has 0 bridgehead atoms. The number of hydrogen-bond acceptors (Lipinski definition) is 4. The molecule has 3 aromatic rings. The second kappa shape index (κ2) is 5.69. The third kappa shape index (κ3) is 2.69. The summed E-state index contributed by atoms with van der Waals surface area (Å²) < 4.78 is 11.7. The van der Waals surface area contributed by atoms with E-state index in [-0.39, 0.29) is 0 Å². The Labute approximate surface area is 130 Å². The van der Waals surface area contributed by atoms with E-state index in [1.165, 1.54) is 0 Å². The van der Waals surface area contributed by atoms with Gasteiger partial charge in [-0.25, -0.2) is 9.97 Å². The minimum atomic E-state index is 0.672. The van der Waals surface area contributed by atoms with E-state index < -0.39 is 0 Å². The van der Waals surface area contributed by atoms with Gasteiger partial charge in [-0.3, -0.25) is 0 Å². The van der Waals surface area contributed by atoms with Gasteiger partial charge in [0, 0.05) is 28.4 Å². The second-order valence-corrected chi connectivity index (χ2v) is 5.38. The lowest BCUT2D eigenvalue weighted by Crippen LogP contribution is -1.94. The molecular formula is C16H13BrN2O2. The smallest absolute Gasteiger partial charge is 0.159 e. The molecule has 0 aliphatic carbocycles. The van der Waals surface area contributed by atoms with E-state index in [0.717, 1.165) is 20.9 Å². The van der Waals surface area contributed by atoms with Crippen LogP contribution in [-0.4, -0.2) is 24.2 Å². The molecule has 0 aliphatic heterocycles. The Kier molecular flexibility index (Phi) is 3.75. The van der Waals surface area contributed by atoms with Gasteiger partial charge in [0.15, 0.2) is 5.82 Å². The molecule has 0 atom stereocenters. The van der Waals surface area contributed by atoms with E-state index in [9.17, 15) is 0 Å². The van der Waals surface area contributed by atoms with Gasteiger partial charge in [-0.05, 0) is 12.1 Å². The number of fused-ring (bicyclic) bond motifs is 1. The fraction of sp³-hybridized carbons (Fsp3) is 0.125. The van der Waals surface area contributed by atoms with Gasteiger partial charge < -0.3 is 9.47 Å². The summed E-state index contributed by atoms with van der Waals surface area (Å²) in [6.45, 7) is 0. The molecule has 4 nitrogen and oxygen atoms in total. The maximum atomic E-state index is 5.37. The summed E-state index contributed by atoms with van der Waals surface area (Å²) in [5.74, 6) is 2.08. The van der Waals surface area contributed by atoms with Crippen molar-refractivity contribution in [1.82, 2.24) is 9.97 Å². The van der Waals surface area contributed by atoms with Crippen LogP contribution < -0.4 is 9.47 Å². The maximum Gasteiger partial charge on any atom is 0.159 e. The highest BCUT2D eigenvalue weighted by Crippen LogP contribution is 2.30. The Morgan fingerprint density at radius 2 is 1.76 bits per heavy atom. The summed E-state index contributed by atoms with van der Waals surface area (Å²) in [4.78, 5) is 9.03. The van der Waals surface area contributed by atoms with Gasteiger partial charge in [0.25, 0.3) is 0 Å². The van der Waals surface area contributed by atoms with Crippen LogP contribution in [0.2, 0.25) is 0 Å². The lowest BCUT2D eigenvalue weighted by Gasteiger charge is -2.09. The SMILES string of the molecule is COc1cc(OC)c2cnc(-c3ccc(Br)cc3)nc2c1. The van der Waals surface area contributed by atoms with Crippen LogP contribution in [0.3, 0.4) is 0 Å². The molecule has 0 radical (unpaired) electrons. The quantitative estimate of drug-likeness (QED) is 0.718. The van der Waals surface area contributed by atoms with Crippen molar-refractivity contribution in [3.05, 3.63) is 47.1 Å².